The van der Waals surface area contributed by atoms with E-state index in [1.54, 1.807) is 0 Å². The molecule has 3 rings (SSSR count). The first-order valence-electron chi connectivity index (χ1n) is 8.42. The molecule has 0 amide bonds. The Bertz CT molecular complexity index is 481. The molecule has 2 unspecified atom stereocenters. The summed E-state index contributed by atoms with van der Waals surface area (Å²) in [7, 11) is 0. The molecule has 0 aromatic carbocycles. The molecule has 118 valence electrons. The summed E-state index contributed by atoms with van der Waals surface area (Å²) in [6.45, 7) is 4.87. The van der Waals surface area contributed by atoms with Gasteiger partial charge in [-0.3, -0.25) is 4.68 Å². The Hall–Kier alpha value is -0.870. The molecule has 0 spiro atoms. The van der Waals surface area contributed by atoms with Crippen LogP contribution in [0.5, 0.6) is 0 Å². The number of aliphatic hydroxyl groups is 1. The van der Waals surface area contributed by atoms with E-state index >= 15 is 0 Å². The summed E-state index contributed by atoms with van der Waals surface area (Å²) in [4.78, 5) is 0. The smallest absolute Gasteiger partial charge is 0.0752 e. The summed E-state index contributed by atoms with van der Waals surface area (Å²) in [5, 5.41) is 15.7. The highest BCUT2D eigenvalue weighted by Gasteiger charge is 2.41. The van der Waals surface area contributed by atoms with E-state index in [2.05, 4.69) is 30.8 Å². The van der Waals surface area contributed by atoms with Crippen LogP contribution in [0.15, 0.2) is 12.3 Å². The molecule has 0 radical (unpaired) electrons. The fourth-order valence-electron chi connectivity index (χ4n) is 3.88. The van der Waals surface area contributed by atoms with Crippen molar-refractivity contribution >= 4 is 0 Å². The zero-order chi connectivity index (χ0) is 14.9. The molecule has 1 N–H and O–H groups in total. The van der Waals surface area contributed by atoms with Gasteiger partial charge in [0, 0.05) is 25.5 Å². The van der Waals surface area contributed by atoms with Crippen LogP contribution >= 0.6 is 0 Å². The van der Waals surface area contributed by atoms with Gasteiger partial charge in [0.05, 0.1) is 29.5 Å². The van der Waals surface area contributed by atoms with Crippen LogP contribution in [0.4, 0.5) is 0 Å². The maximum atomic E-state index is 10.9. The fourth-order valence-corrected chi connectivity index (χ4v) is 3.88. The highest BCUT2D eigenvalue weighted by Crippen LogP contribution is 2.36. The van der Waals surface area contributed by atoms with Gasteiger partial charge in [-0.05, 0) is 32.3 Å². The van der Waals surface area contributed by atoms with Gasteiger partial charge in [0.25, 0.3) is 0 Å². The third kappa shape index (κ3) is 3.32. The van der Waals surface area contributed by atoms with Gasteiger partial charge in [-0.1, -0.05) is 19.8 Å². The SMILES string of the molecule is CCC1(C)CC(O)(Cc2ccn(C3CCCC3)n2)CCO1. The summed E-state index contributed by atoms with van der Waals surface area (Å²) in [5.41, 5.74) is 0.156. The molecule has 4 heteroatoms. The topological polar surface area (TPSA) is 47.3 Å². The molecule has 1 saturated heterocycles. The fraction of sp³-hybridized carbons (Fsp3) is 0.824. The number of rotatable bonds is 4. The van der Waals surface area contributed by atoms with Crippen molar-refractivity contribution in [3.05, 3.63) is 18.0 Å². The van der Waals surface area contributed by atoms with Gasteiger partial charge in [0.15, 0.2) is 0 Å². The van der Waals surface area contributed by atoms with Crippen LogP contribution in [0.1, 0.15) is 70.5 Å². The van der Waals surface area contributed by atoms with Gasteiger partial charge >= 0.3 is 0 Å². The van der Waals surface area contributed by atoms with Crippen molar-refractivity contribution in [2.45, 2.75) is 82.5 Å². The Morgan fingerprint density at radius 1 is 1.43 bits per heavy atom. The van der Waals surface area contributed by atoms with Crippen molar-refractivity contribution < 1.29 is 9.84 Å². The van der Waals surface area contributed by atoms with Crippen molar-refractivity contribution in [2.75, 3.05) is 6.61 Å². The standard InChI is InChI=1S/C17H28N2O2/c1-3-16(2)13-17(20,9-11-21-16)12-14-8-10-19(18-14)15-6-4-5-7-15/h8,10,15,20H,3-7,9,11-13H2,1-2H3. The highest BCUT2D eigenvalue weighted by molar-refractivity contribution is 5.07. The average molecular weight is 292 g/mol. The summed E-state index contributed by atoms with van der Waals surface area (Å²) in [6, 6.07) is 2.65. The van der Waals surface area contributed by atoms with Crippen LogP contribution in [0.25, 0.3) is 0 Å². The predicted octanol–water partition coefficient (Wildman–Crippen LogP) is 3.25. The lowest BCUT2D eigenvalue weighted by atomic mass is 9.79. The first-order valence-corrected chi connectivity index (χ1v) is 8.42. The lowest BCUT2D eigenvalue weighted by Crippen LogP contribution is -2.48. The summed E-state index contributed by atoms with van der Waals surface area (Å²) >= 11 is 0. The van der Waals surface area contributed by atoms with Gasteiger partial charge in [0.1, 0.15) is 0 Å². The molecule has 1 aliphatic heterocycles. The number of nitrogens with zero attached hydrogens (tertiary/aromatic N) is 2. The third-order valence-electron chi connectivity index (χ3n) is 5.34. The summed E-state index contributed by atoms with van der Waals surface area (Å²) in [6.07, 6.45) is 10.2. The van der Waals surface area contributed by atoms with E-state index < -0.39 is 5.60 Å². The van der Waals surface area contributed by atoms with Gasteiger partial charge in [-0.25, -0.2) is 0 Å². The lowest BCUT2D eigenvalue weighted by molar-refractivity contribution is -0.153. The molecule has 21 heavy (non-hydrogen) atoms. The van der Waals surface area contributed by atoms with Gasteiger partial charge < -0.3 is 9.84 Å². The molecule has 1 aromatic rings. The second-order valence-electron chi connectivity index (χ2n) is 7.21. The highest BCUT2D eigenvalue weighted by atomic mass is 16.5. The van der Waals surface area contributed by atoms with E-state index in [0.29, 0.717) is 31.9 Å². The van der Waals surface area contributed by atoms with Crippen molar-refractivity contribution in [1.82, 2.24) is 9.78 Å². The molecule has 1 saturated carbocycles. The molecule has 2 atom stereocenters. The minimum atomic E-state index is -0.669. The maximum Gasteiger partial charge on any atom is 0.0752 e. The molecular weight excluding hydrogens is 264 g/mol. The Morgan fingerprint density at radius 2 is 2.19 bits per heavy atom. The molecule has 1 aromatic heterocycles. The van der Waals surface area contributed by atoms with Gasteiger partial charge in [-0.2, -0.15) is 5.10 Å². The number of aromatic nitrogens is 2. The van der Waals surface area contributed by atoms with E-state index in [-0.39, 0.29) is 5.60 Å². The van der Waals surface area contributed by atoms with E-state index in [1.807, 2.05) is 0 Å². The number of ether oxygens (including phenoxy) is 1. The quantitative estimate of drug-likeness (QED) is 0.926. The van der Waals surface area contributed by atoms with E-state index in [4.69, 9.17) is 9.84 Å². The van der Waals surface area contributed by atoms with Crippen LogP contribution in [-0.4, -0.2) is 32.7 Å². The second-order valence-corrected chi connectivity index (χ2v) is 7.21. The first kappa shape index (κ1) is 15.0. The zero-order valence-electron chi connectivity index (χ0n) is 13.3. The Labute approximate surface area is 127 Å². The van der Waals surface area contributed by atoms with Crippen LogP contribution < -0.4 is 0 Å². The van der Waals surface area contributed by atoms with Crippen molar-refractivity contribution in [3.63, 3.8) is 0 Å². The average Bonchev–Trinajstić information content (AvgIpc) is 3.08. The van der Waals surface area contributed by atoms with Gasteiger partial charge in [0.2, 0.25) is 0 Å². The number of hydrogen-bond donors (Lipinski definition) is 1. The molecule has 1 aliphatic carbocycles. The molecule has 0 bridgehead atoms. The van der Waals surface area contributed by atoms with Crippen LogP contribution in [0, 0.1) is 0 Å². The van der Waals surface area contributed by atoms with Crippen LogP contribution in [0.3, 0.4) is 0 Å². The largest absolute Gasteiger partial charge is 0.389 e. The first-order chi connectivity index (χ1) is 10.0. The molecule has 4 nitrogen and oxygen atoms in total. The van der Waals surface area contributed by atoms with Gasteiger partial charge in [-0.15, -0.1) is 0 Å². The van der Waals surface area contributed by atoms with E-state index in [1.165, 1.54) is 25.7 Å². The van der Waals surface area contributed by atoms with E-state index in [9.17, 15) is 5.11 Å². The number of hydrogen-bond acceptors (Lipinski definition) is 3. The molecule has 2 heterocycles. The van der Waals surface area contributed by atoms with Crippen molar-refractivity contribution in [3.8, 4) is 0 Å². The van der Waals surface area contributed by atoms with Crippen LogP contribution in [0.2, 0.25) is 0 Å². The summed E-state index contributed by atoms with van der Waals surface area (Å²) in [5.74, 6) is 0. The Kier molecular flexibility index (Phi) is 4.10. The zero-order valence-corrected chi connectivity index (χ0v) is 13.3. The third-order valence-corrected chi connectivity index (χ3v) is 5.34. The monoisotopic (exact) mass is 292 g/mol. The van der Waals surface area contributed by atoms with Crippen molar-refractivity contribution in [2.24, 2.45) is 0 Å². The summed E-state index contributed by atoms with van der Waals surface area (Å²) < 4.78 is 7.96. The molecular formula is C17H28N2O2. The van der Waals surface area contributed by atoms with Crippen molar-refractivity contribution in [1.29, 1.82) is 0 Å². The minimum absolute atomic E-state index is 0.193. The molecule has 2 fully saturated rings. The normalized spacial score (nSPS) is 34.4. The second kappa shape index (κ2) is 5.73. The lowest BCUT2D eigenvalue weighted by Gasteiger charge is -2.43. The Morgan fingerprint density at radius 3 is 2.90 bits per heavy atom. The van der Waals surface area contributed by atoms with E-state index in [0.717, 1.165) is 12.1 Å². The Balaban J connectivity index is 1.67. The minimum Gasteiger partial charge on any atom is -0.389 e. The van der Waals surface area contributed by atoms with Crippen LogP contribution in [-0.2, 0) is 11.2 Å². The maximum absolute atomic E-state index is 10.9. The molecule has 2 aliphatic rings. The predicted molar refractivity (Wildman–Crippen MR) is 82.3 cm³/mol.